The van der Waals surface area contributed by atoms with Crippen LogP contribution in [0, 0.1) is 5.92 Å². The number of carbonyl (C=O) groups is 1. The van der Waals surface area contributed by atoms with Crippen LogP contribution in [0.5, 0.6) is 0 Å². The Balaban J connectivity index is 4.03. The van der Waals surface area contributed by atoms with E-state index in [1.165, 1.54) is 6.08 Å². The van der Waals surface area contributed by atoms with E-state index in [1.54, 1.807) is 7.11 Å². The minimum atomic E-state index is -0.121. The Bertz CT molecular complexity index is 185. The fourth-order valence-electron chi connectivity index (χ4n) is 1.25. The molecule has 2 heteroatoms. The second kappa shape index (κ2) is 6.77. The third kappa shape index (κ3) is 5.92. The zero-order chi connectivity index (χ0) is 11.0. The summed E-state index contributed by atoms with van der Waals surface area (Å²) in [5.74, 6) is 0.694. The second-order valence-electron chi connectivity index (χ2n) is 4.35. The number of hydrogen-bond acceptors (Lipinski definition) is 2. The topological polar surface area (TPSA) is 26.3 Å². The Morgan fingerprint density at radius 1 is 1.43 bits per heavy atom. The highest BCUT2D eigenvalue weighted by Gasteiger charge is 2.21. The molecule has 0 aliphatic heterocycles. The zero-order valence-corrected chi connectivity index (χ0v) is 9.75. The van der Waals surface area contributed by atoms with Gasteiger partial charge in [-0.3, -0.25) is 4.79 Å². The number of ether oxygens (including phenoxy) is 1. The van der Waals surface area contributed by atoms with Gasteiger partial charge in [-0.1, -0.05) is 19.9 Å². The second-order valence-corrected chi connectivity index (χ2v) is 4.35. The van der Waals surface area contributed by atoms with Crippen molar-refractivity contribution in [1.82, 2.24) is 0 Å². The van der Waals surface area contributed by atoms with Crippen LogP contribution >= 0.6 is 0 Å². The van der Waals surface area contributed by atoms with Gasteiger partial charge in [-0.05, 0) is 38.2 Å². The molecule has 14 heavy (non-hydrogen) atoms. The lowest BCUT2D eigenvalue weighted by molar-refractivity contribution is -0.104. The molecule has 0 saturated heterocycles. The predicted molar refractivity (Wildman–Crippen MR) is 59.3 cm³/mol. The van der Waals surface area contributed by atoms with Crippen LogP contribution in [0.4, 0.5) is 0 Å². The predicted octanol–water partition coefficient (Wildman–Crippen LogP) is 2.97. The molecule has 0 spiro atoms. The van der Waals surface area contributed by atoms with Crippen LogP contribution in [0.1, 0.15) is 40.0 Å². The van der Waals surface area contributed by atoms with E-state index in [2.05, 4.69) is 20.8 Å². The Morgan fingerprint density at radius 2 is 2.07 bits per heavy atom. The molecule has 1 atom stereocenters. The molecular formula is C12H22O2. The molecule has 0 aromatic heterocycles. The van der Waals surface area contributed by atoms with Crippen LogP contribution in [0.25, 0.3) is 0 Å². The number of carbonyl (C=O) groups excluding carboxylic acids is 1. The van der Waals surface area contributed by atoms with Gasteiger partial charge in [0.1, 0.15) is 6.29 Å². The van der Waals surface area contributed by atoms with E-state index in [0.29, 0.717) is 5.92 Å². The SMILES string of the molecule is COC(C)(CC=CC=O)CCC(C)C. The van der Waals surface area contributed by atoms with E-state index in [4.69, 9.17) is 4.74 Å². The Labute approximate surface area is 87.3 Å². The van der Waals surface area contributed by atoms with Crippen LogP contribution in [0.2, 0.25) is 0 Å². The van der Waals surface area contributed by atoms with Crippen molar-refractivity contribution in [2.24, 2.45) is 5.92 Å². The standard InChI is InChI=1S/C12H22O2/c1-11(2)7-9-12(3,14-4)8-5-6-10-13/h5-6,10-11H,7-9H2,1-4H3. The molecule has 0 aliphatic carbocycles. The molecule has 0 fully saturated rings. The quantitative estimate of drug-likeness (QED) is 0.464. The maximum absolute atomic E-state index is 10.1. The lowest BCUT2D eigenvalue weighted by Crippen LogP contribution is -2.26. The molecule has 0 N–H and O–H groups in total. The summed E-state index contributed by atoms with van der Waals surface area (Å²) in [5.41, 5.74) is -0.121. The molecule has 0 aliphatic rings. The van der Waals surface area contributed by atoms with Crippen molar-refractivity contribution in [3.8, 4) is 0 Å². The lowest BCUT2D eigenvalue weighted by atomic mass is 9.92. The summed E-state index contributed by atoms with van der Waals surface area (Å²) < 4.78 is 5.47. The van der Waals surface area contributed by atoms with Gasteiger partial charge in [0.05, 0.1) is 5.60 Å². The van der Waals surface area contributed by atoms with Gasteiger partial charge in [-0.15, -0.1) is 0 Å². The van der Waals surface area contributed by atoms with Crippen molar-refractivity contribution >= 4 is 6.29 Å². The number of aldehydes is 1. The summed E-state index contributed by atoms with van der Waals surface area (Å²) in [6, 6.07) is 0. The van der Waals surface area contributed by atoms with Crippen molar-refractivity contribution in [3.63, 3.8) is 0 Å². The molecule has 0 heterocycles. The monoisotopic (exact) mass is 198 g/mol. The van der Waals surface area contributed by atoms with Crippen LogP contribution in [0.15, 0.2) is 12.2 Å². The molecule has 1 unspecified atom stereocenters. The average Bonchev–Trinajstić information content (AvgIpc) is 2.15. The van der Waals surface area contributed by atoms with Crippen LogP contribution in [0.3, 0.4) is 0 Å². The summed E-state index contributed by atoms with van der Waals surface area (Å²) in [6.45, 7) is 6.50. The van der Waals surface area contributed by atoms with Gasteiger partial charge in [0.2, 0.25) is 0 Å². The van der Waals surface area contributed by atoms with Gasteiger partial charge in [0, 0.05) is 7.11 Å². The highest BCUT2D eigenvalue weighted by atomic mass is 16.5. The third-order valence-corrected chi connectivity index (χ3v) is 2.51. The Hall–Kier alpha value is -0.630. The largest absolute Gasteiger partial charge is 0.378 e. The van der Waals surface area contributed by atoms with Crippen molar-refractivity contribution in [2.75, 3.05) is 7.11 Å². The maximum Gasteiger partial charge on any atom is 0.142 e. The zero-order valence-electron chi connectivity index (χ0n) is 9.75. The highest BCUT2D eigenvalue weighted by Crippen LogP contribution is 2.23. The van der Waals surface area contributed by atoms with Crippen LogP contribution < -0.4 is 0 Å². The highest BCUT2D eigenvalue weighted by molar-refractivity contribution is 5.64. The molecule has 0 rings (SSSR count). The Morgan fingerprint density at radius 3 is 2.50 bits per heavy atom. The van der Waals surface area contributed by atoms with Gasteiger partial charge >= 0.3 is 0 Å². The van der Waals surface area contributed by atoms with Crippen molar-refractivity contribution in [2.45, 2.75) is 45.6 Å². The fraction of sp³-hybridized carbons (Fsp3) is 0.750. The Kier molecular flexibility index (Phi) is 6.46. The van der Waals surface area contributed by atoms with Gasteiger partial charge < -0.3 is 4.74 Å². The maximum atomic E-state index is 10.1. The summed E-state index contributed by atoms with van der Waals surface area (Å²) in [7, 11) is 1.73. The molecule has 0 radical (unpaired) electrons. The van der Waals surface area contributed by atoms with E-state index in [9.17, 15) is 4.79 Å². The summed E-state index contributed by atoms with van der Waals surface area (Å²) >= 11 is 0. The molecule has 0 bridgehead atoms. The van der Waals surface area contributed by atoms with Gasteiger partial charge in [0.25, 0.3) is 0 Å². The van der Waals surface area contributed by atoms with Gasteiger partial charge in [-0.25, -0.2) is 0 Å². The first kappa shape index (κ1) is 13.4. The van der Waals surface area contributed by atoms with E-state index in [1.807, 2.05) is 6.08 Å². The van der Waals surface area contributed by atoms with Crippen molar-refractivity contribution < 1.29 is 9.53 Å². The van der Waals surface area contributed by atoms with Gasteiger partial charge in [-0.2, -0.15) is 0 Å². The van der Waals surface area contributed by atoms with Crippen LogP contribution in [-0.4, -0.2) is 19.0 Å². The third-order valence-electron chi connectivity index (χ3n) is 2.51. The van der Waals surface area contributed by atoms with Gasteiger partial charge in [0.15, 0.2) is 0 Å². The van der Waals surface area contributed by atoms with E-state index in [-0.39, 0.29) is 5.60 Å². The van der Waals surface area contributed by atoms with E-state index < -0.39 is 0 Å². The number of hydrogen-bond donors (Lipinski definition) is 0. The first-order chi connectivity index (χ1) is 6.54. The van der Waals surface area contributed by atoms with Crippen molar-refractivity contribution in [1.29, 1.82) is 0 Å². The van der Waals surface area contributed by atoms with Crippen LogP contribution in [-0.2, 0) is 9.53 Å². The first-order valence-electron chi connectivity index (χ1n) is 5.19. The molecule has 0 aromatic carbocycles. The smallest absolute Gasteiger partial charge is 0.142 e. The minimum Gasteiger partial charge on any atom is -0.378 e. The summed E-state index contributed by atoms with van der Waals surface area (Å²) in [5, 5.41) is 0. The molecule has 0 saturated carbocycles. The number of methoxy groups -OCH3 is 1. The van der Waals surface area contributed by atoms with E-state index in [0.717, 1.165) is 25.5 Å². The van der Waals surface area contributed by atoms with Crippen molar-refractivity contribution in [3.05, 3.63) is 12.2 Å². The molecule has 0 aromatic rings. The number of rotatable bonds is 7. The number of allylic oxidation sites excluding steroid dienone is 1. The molecular weight excluding hydrogens is 176 g/mol. The molecule has 0 amide bonds. The normalized spacial score (nSPS) is 16.1. The fourth-order valence-corrected chi connectivity index (χ4v) is 1.25. The summed E-state index contributed by atoms with van der Waals surface area (Å²) in [4.78, 5) is 10.1. The minimum absolute atomic E-state index is 0.121. The molecule has 82 valence electrons. The van der Waals surface area contributed by atoms with E-state index >= 15 is 0 Å². The molecule has 2 nitrogen and oxygen atoms in total. The average molecular weight is 198 g/mol. The summed E-state index contributed by atoms with van der Waals surface area (Å²) in [6.07, 6.45) is 7.20. The first-order valence-corrected chi connectivity index (χ1v) is 5.19. The lowest BCUT2D eigenvalue weighted by Gasteiger charge is -2.27.